The van der Waals surface area contributed by atoms with E-state index in [4.69, 9.17) is 11.6 Å². The lowest BCUT2D eigenvalue weighted by atomic mass is 9.83. The minimum atomic E-state index is -0.280. The first kappa shape index (κ1) is 15.5. The molecule has 1 saturated carbocycles. The summed E-state index contributed by atoms with van der Waals surface area (Å²) in [4.78, 5) is 0. The fourth-order valence-corrected chi connectivity index (χ4v) is 3.10. The first-order valence-electron chi connectivity index (χ1n) is 7.57. The van der Waals surface area contributed by atoms with Crippen LogP contribution in [-0.4, -0.2) is 13.1 Å². The molecule has 0 unspecified atom stereocenters. The van der Waals surface area contributed by atoms with Gasteiger partial charge in [-0.25, -0.2) is 4.39 Å². The van der Waals surface area contributed by atoms with Gasteiger partial charge in [-0.2, -0.15) is 0 Å². The van der Waals surface area contributed by atoms with Gasteiger partial charge in [-0.3, -0.25) is 0 Å². The molecule has 0 saturated heterocycles. The average Bonchev–Trinajstić information content (AvgIpc) is 2.46. The number of nitrogens with one attached hydrogen (secondary N) is 1. The van der Waals surface area contributed by atoms with Gasteiger partial charge in [0.25, 0.3) is 0 Å². The maximum Gasteiger partial charge on any atom is 0.124 e. The molecule has 0 atom stereocenters. The Labute approximate surface area is 126 Å². The molecule has 1 fully saturated rings. The van der Waals surface area contributed by atoms with Gasteiger partial charge in [0.05, 0.1) is 5.02 Å². The number of benzene rings is 1. The number of hydrogen-bond acceptors (Lipinski definition) is 1. The van der Waals surface area contributed by atoms with Crippen molar-refractivity contribution >= 4 is 17.7 Å². The van der Waals surface area contributed by atoms with Crippen LogP contribution in [0.25, 0.3) is 6.08 Å². The summed E-state index contributed by atoms with van der Waals surface area (Å²) in [6.07, 6.45) is 8.64. The van der Waals surface area contributed by atoms with Gasteiger partial charge in [0.2, 0.25) is 0 Å². The highest BCUT2D eigenvalue weighted by molar-refractivity contribution is 6.32. The van der Waals surface area contributed by atoms with Gasteiger partial charge < -0.3 is 5.32 Å². The quantitative estimate of drug-likeness (QED) is 0.801. The maximum atomic E-state index is 13.1. The van der Waals surface area contributed by atoms with Crippen molar-refractivity contribution in [2.45, 2.75) is 39.0 Å². The summed E-state index contributed by atoms with van der Waals surface area (Å²) in [7, 11) is 0. The second kappa shape index (κ2) is 7.80. The Balaban J connectivity index is 2.21. The third-order valence-corrected chi connectivity index (χ3v) is 4.34. The Morgan fingerprint density at radius 1 is 1.35 bits per heavy atom. The molecule has 0 heterocycles. The molecule has 0 aromatic heterocycles. The van der Waals surface area contributed by atoms with E-state index in [1.54, 1.807) is 6.07 Å². The summed E-state index contributed by atoms with van der Waals surface area (Å²) in [6.45, 7) is 3.97. The SMILES string of the molecule is CCNC/C(=C/c1ccc(F)cc1Cl)C1CCCCC1. The van der Waals surface area contributed by atoms with Crippen LogP contribution in [-0.2, 0) is 0 Å². The molecule has 0 aliphatic heterocycles. The predicted octanol–water partition coefficient (Wildman–Crippen LogP) is 5.05. The summed E-state index contributed by atoms with van der Waals surface area (Å²) >= 11 is 6.14. The molecule has 1 aromatic carbocycles. The van der Waals surface area contributed by atoms with E-state index in [1.165, 1.54) is 49.8 Å². The minimum absolute atomic E-state index is 0.280. The largest absolute Gasteiger partial charge is 0.313 e. The Hall–Kier alpha value is -0.860. The first-order chi connectivity index (χ1) is 9.70. The first-order valence-corrected chi connectivity index (χ1v) is 7.94. The molecule has 0 radical (unpaired) electrons. The molecule has 1 nitrogen and oxygen atoms in total. The van der Waals surface area contributed by atoms with E-state index in [0.717, 1.165) is 18.7 Å². The van der Waals surface area contributed by atoms with Gasteiger partial charge in [-0.05, 0) is 43.0 Å². The molecule has 1 N–H and O–H groups in total. The van der Waals surface area contributed by atoms with E-state index >= 15 is 0 Å². The standard InChI is InChI=1S/C17H23ClFN/c1-2-20-12-15(13-6-4-3-5-7-13)10-14-8-9-16(19)11-17(14)18/h8-11,13,20H,2-7,12H2,1H3/b15-10-. The lowest BCUT2D eigenvalue weighted by Gasteiger charge is -2.25. The van der Waals surface area contributed by atoms with Crippen LogP contribution in [0, 0.1) is 11.7 Å². The van der Waals surface area contributed by atoms with Gasteiger partial charge >= 0.3 is 0 Å². The zero-order chi connectivity index (χ0) is 14.4. The smallest absolute Gasteiger partial charge is 0.124 e. The summed E-state index contributed by atoms with van der Waals surface area (Å²) in [5.74, 6) is 0.363. The van der Waals surface area contributed by atoms with Gasteiger partial charge in [-0.1, -0.05) is 55.5 Å². The normalized spacial score (nSPS) is 17.4. The lowest BCUT2D eigenvalue weighted by molar-refractivity contribution is 0.397. The van der Waals surface area contributed by atoms with Crippen LogP contribution < -0.4 is 5.32 Å². The molecule has 3 heteroatoms. The number of rotatable bonds is 5. The second-order valence-corrected chi connectivity index (χ2v) is 5.91. The molecular formula is C17H23ClFN. The van der Waals surface area contributed by atoms with Gasteiger partial charge in [0.15, 0.2) is 0 Å². The molecule has 0 bridgehead atoms. The van der Waals surface area contributed by atoms with Crippen LogP contribution in [0.5, 0.6) is 0 Å². The molecular weight excluding hydrogens is 273 g/mol. The van der Waals surface area contributed by atoms with Crippen molar-refractivity contribution < 1.29 is 4.39 Å². The van der Waals surface area contributed by atoms with E-state index in [0.29, 0.717) is 10.9 Å². The van der Waals surface area contributed by atoms with Crippen molar-refractivity contribution in [2.75, 3.05) is 13.1 Å². The van der Waals surface area contributed by atoms with E-state index in [-0.39, 0.29) is 5.82 Å². The van der Waals surface area contributed by atoms with Crippen molar-refractivity contribution in [3.8, 4) is 0 Å². The predicted molar refractivity (Wildman–Crippen MR) is 84.5 cm³/mol. The Bertz CT molecular complexity index is 464. The molecule has 2 rings (SSSR count). The van der Waals surface area contributed by atoms with Gasteiger partial charge in [-0.15, -0.1) is 0 Å². The van der Waals surface area contributed by atoms with Crippen molar-refractivity contribution in [1.82, 2.24) is 5.32 Å². The molecule has 0 amide bonds. The number of likely N-dealkylation sites (N-methyl/N-ethyl adjacent to an activating group) is 1. The number of hydrogen-bond donors (Lipinski definition) is 1. The third kappa shape index (κ3) is 4.32. The maximum absolute atomic E-state index is 13.1. The molecule has 1 aromatic rings. The van der Waals surface area contributed by atoms with Crippen LogP contribution >= 0.6 is 11.6 Å². The fraction of sp³-hybridized carbons (Fsp3) is 0.529. The number of halogens is 2. The van der Waals surface area contributed by atoms with Crippen LogP contribution in [0.15, 0.2) is 23.8 Å². The Morgan fingerprint density at radius 3 is 2.75 bits per heavy atom. The molecule has 20 heavy (non-hydrogen) atoms. The van der Waals surface area contributed by atoms with E-state index in [2.05, 4.69) is 18.3 Å². The van der Waals surface area contributed by atoms with Crippen LogP contribution in [0.1, 0.15) is 44.6 Å². The monoisotopic (exact) mass is 295 g/mol. The van der Waals surface area contributed by atoms with E-state index in [9.17, 15) is 4.39 Å². The van der Waals surface area contributed by atoms with Gasteiger partial charge in [0, 0.05) is 6.54 Å². The highest BCUT2D eigenvalue weighted by atomic mass is 35.5. The summed E-state index contributed by atoms with van der Waals surface area (Å²) in [5, 5.41) is 3.91. The van der Waals surface area contributed by atoms with Crippen LogP contribution in [0.4, 0.5) is 4.39 Å². The molecule has 1 aliphatic rings. The van der Waals surface area contributed by atoms with Crippen molar-refractivity contribution in [3.63, 3.8) is 0 Å². The molecule has 110 valence electrons. The topological polar surface area (TPSA) is 12.0 Å². The second-order valence-electron chi connectivity index (χ2n) is 5.50. The minimum Gasteiger partial charge on any atom is -0.313 e. The van der Waals surface area contributed by atoms with E-state index in [1.807, 2.05) is 0 Å². The molecule has 0 spiro atoms. The summed E-state index contributed by atoms with van der Waals surface area (Å²) in [6, 6.07) is 4.63. The summed E-state index contributed by atoms with van der Waals surface area (Å²) < 4.78 is 13.1. The average molecular weight is 296 g/mol. The van der Waals surface area contributed by atoms with Crippen molar-refractivity contribution in [3.05, 3.63) is 40.2 Å². The fourth-order valence-electron chi connectivity index (χ4n) is 2.87. The van der Waals surface area contributed by atoms with Crippen molar-refractivity contribution in [2.24, 2.45) is 5.92 Å². The van der Waals surface area contributed by atoms with Crippen molar-refractivity contribution in [1.29, 1.82) is 0 Å². The lowest BCUT2D eigenvalue weighted by Crippen LogP contribution is -2.22. The Morgan fingerprint density at radius 2 is 2.10 bits per heavy atom. The van der Waals surface area contributed by atoms with Crippen LogP contribution in [0.3, 0.4) is 0 Å². The highest BCUT2D eigenvalue weighted by Crippen LogP contribution is 2.31. The summed E-state index contributed by atoms with van der Waals surface area (Å²) in [5.41, 5.74) is 2.33. The molecule has 1 aliphatic carbocycles. The van der Waals surface area contributed by atoms with Crippen LogP contribution in [0.2, 0.25) is 5.02 Å². The zero-order valence-electron chi connectivity index (χ0n) is 12.1. The van der Waals surface area contributed by atoms with Gasteiger partial charge in [0.1, 0.15) is 5.82 Å². The Kier molecular flexibility index (Phi) is 6.06. The zero-order valence-corrected chi connectivity index (χ0v) is 12.8. The third-order valence-electron chi connectivity index (χ3n) is 4.01. The highest BCUT2D eigenvalue weighted by Gasteiger charge is 2.17. The van der Waals surface area contributed by atoms with E-state index < -0.39 is 0 Å².